The summed E-state index contributed by atoms with van der Waals surface area (Å²) in [6, 6.07) is 17.5. The Labute approximate surface area is 270 Å². The van der Waals surface area contributed by atoms with Gasteiger partial charge in [0.15, 0.2) is 0 Å². The number of hydrogen-bond acceptors (Lipinski definition) is 7. The summed E-state index contributed by atoms with van der Waals surface area (Å²) in [5.74, 6) is -7.65. The highest BCUT2D eigenvalue weighted by atomic mass is 16.4. The molecule has 0 bridgehead atoms. The second kappa shape index (κ2) is 10.8. The first-order chi connectivity index (χ1) is 22.5. The number of anilines is 2. The third kappa shape index (κ3) is 4.20. The van der Waals surface area contributed by atoms with Crippen LogP contribution in [0.5, 0.6) is 11.5 Å². The number of phenols is 2. The number of carbonyl (C=O) groups excluding carboxylic acids is 4. The molecule has 2 aliphatic heterocycles. The molecule has 3 fully saturated rings. The second-order valence-electron chi connectivity index (χ2n) is 12.9. The van der Waals surface area contributed by atoms with Gasteiger partial charge in [0, 0.05) is 17.5 Å². The van der Waals surface area contributed by atoms with Crippen molar-refractivity contribution in [3.8, 4) is 11.5 Å². The average Bonchev–Trinajstić information content (AvgIpc) is 3.42. The van der Waals surface area contributed by atoms with Crippen LogP contribution in [-0.2, 0) is 25.6 Å². The van der Waals surface area contributed by atoms with Gasteiger partial charge in [-0.25, -0.2) is 14.6 Å². The Morgan fingerprint density at radius 2 is 1.66 bits per heavy atom. The van der Waals surface area contributed by atoms with Crippen LogP contribution < -0.4 is 9.80 Å². The van der Waals surface area contributed by atoms with E-state index in [-0.39, 0.29) is 29.8 Å². The van der Waals surface area contributed by atoms with Gasteiger partial charge in [-0.2, -0.15) is 0 Å². The largest absolute Gasteiger partial charge is 0.507 e. The molecular formula is C37H32N2O8. The zero-order valence-corrected chi connectivity index (χ0v) is 25.5. The number of hydrogen-bond donors (Lipinski definition) is 3. The lowest BCUT2D eigenvalue weighted by atomic mass is 9.51. The van der Waals surface area contributed by atoms with Crippen LogP contribution in [0.2, 0.25) is 0 Å². The zero-order valence-electron chi connectivity index (χ0n) is 25.5. The van der Waals surface area contributed by atoms with E-state index in [4.69, 9.17) is 0 Å². The molecule has 238 valence electrons. The number of imide groups is 2. The molecule has 4 aliphatic rings. The van der Waals surface area contributed by atoms with Crippen molar-refractivity contribution in [2.24, 2.45) is 29.1 Å². The van der Waals surface area contributed by atoms with Gasteiger partial charge in [-0.1, -0.05) is 54.1 Å². The molecule has 2 heterocycles. The number of fused-ring (bicyclic) bond motifs is 4. The van der Waals surface area contributed by atoms with Crippen LogP contribution in [0.4, 0.5) is 11.4 Å². The van der Waals surface area contributed by atoms with Gasteiger partial charge in [-0.05, 0) is 61.9 Å². The third-order valence-corrected chi connectivity index (χ3v) is 10.6. The van der Waals surface area contributed by atoms with Crippen LogP contribution in [-0.4, -0.2) is 44.9 Å². The van der Waals surface area contributed by atoms with E-state index in [0.717, 1.165) is 22.6 Å². The normalized spacial score (nSPS) is 28.1. The number of nitrogens with zero attached hydrogens (tertiary/aromatic N) is 2. The summed E-state index contributed by atoms with van der Waals surface area (Å²) in [5.41, 5.74) is 0.593. The molecule has 0 unspecified atom stereocenters. The average molecular weight is 633 g/mol. The summed E-state index contributed by atoms with van der Waals surface area (Å²) >= 11 is 0. The molecule has 7 rings (SSSR count). The molecule has 3 N–H and O–H groups in total. The van der Waals surface area contributed by atoms with E-state index >= 15 is 0 Å². The second-order valence-corrected chi connectivity index (χ2v) is 12.9. The highest BCUT2D eigenvalue weighted by molar-refractivity contribution is 6.25. The summed E-state index contributed by atoms with van der Waals surface area (Å²) < 4.78 is 0. The number of para-hydroxylation sites is 2. The third-order valence-electron chi connectivity index (χ3n) is 10.6. The summed E-state index contributed by atoms with van der Waals surface area (Å²) in [5, 5.41) is 31.3. The Kier molecular flexibility index (Phi) is 6.93. The smallest absolute Gasteiger partial charge is 0.339 e. The predicted molar refractivity (Wildman–Crippen MR) is 171 cm³/mol. The Hall–Kier alpha value is -5.51. The number of amides is 4. The number of carboxylic acid groups (broad SMARTS) is 1. The topological polar surface area (TPSA) is 153 Å². The van der Waals surface area contributed by atoms with Crippen molar-refractivity contribution in [1.82, 2.24) is 0 Å². The lowest BCUT2D eigenvalue weighted by Gasteiger charge is -2.49. The van der Waals surface area contributed by atoms with Crippen LogP contribution in [0.25, 0.3) is 0 Å². The first-order valence-corrected chi connectivity index (χ1v) is 15.5. The molecule has 2 aliphatic carbocycles. The van der Waals surface area contributed by atoms with Crippen molar-refractivity contribution in [2.75, 3.05) is 9.80 Å². The standard InChI is InChI=1S/C37H32N2O8/c1-3-8-19-9-7-12-25(31(19)41)30-22-15-16-24-29(34(44)38(32(24)42)21-13-14-23(35(45)46)28(40)17-21)26(22)18-27-33(43)39(36(47)37(27,30)2)20-10-5-4-6-11-20/h3-7,9-15,17,24,26-27,29-30,40-41H,1,8,16,18H2,2H3,(H,45,46)/t24-,26+,27-,29-,30+,37+/m0/s1. The van der Waals surface area contributed by atoms with E-state index in [9.17, 15) is 39.3 Å². The van der Waals surface area contributed by atoms with Gasteiger partial charge in [0.05, 0.1) is 34.5 Å². The quantitative estimate of drug-likeness (QED) is 0.255. The van der Waals surface area contributed by atoms with Crippen LogP contribution in [0, 0.1) is 29.1 Å². The van der Waals surface area contributed by atoms with E-state index in [1.807, 2.05) is 6.08 Å². The van der Waals surface area contributed by atoms with Crippen molar-refractivity contribution in [3.63, 3.8) is 0 Å². The van der Waals surface area contributed by atoms with Crippen molar-refractivity contribution in [3.05, 3.63) is 108 Å². The van der Waals surface area contributed by atoms with Crippen LogP contribution in [0.3, 0.4) is 0 Å². The Balaban J connectivity index is 1.37. The van der Waals surface area contributed by atoms with Gasteiger partial charge >= 0.3 is 5.97 Å². The maximum absolute atomic E-state index is 14.5. The van der Waals surface area contributed by atoms with Crippen molar-refractivity contribution >= 4 is 41.0 Å². The van der Waals surface area contributed by atoms with E-state index in [0.29, 0.717) is 23.2 Å². The van der Waals surface area contributed by atoms with Crippen molar-refractivity contribution in [2.45, 2.75) is 32.1 Å². The number of allylic oxidation sites excluding steroid dienone is 3. The fourth-order valence-corrected chi connectivity index (χ4v) is 8.44. The van der Waals surface area contributed by atoms with Crippen molar-refractivity contribution in [1.29, 1.82) is 0 Å². The summed E-state index contributed by atoms with van der Waals surface area (Å²) in [6.07, 6.45) is 4.25. The molecular weight excluding hydrogens is 600 g/mol. The molecule has 47 heavy (non-hydrogen) atoms. The Morgan fingerprint density at radius 1 is 0.915 bits per heavy atom. The van der Waals surface area contributed by atoms with Crippen LogP contribution in [0.15, 0.2) is 91.0 Å². The summed E-state index contributed by atoms with van der Waals surface area (Å²) in [6.45, 7) is 5.55. The molecule has 0 spiro atoms. The molecule has 0 aromatic heterocycles. The zero-order chi connectivity index (χ0) is 33.4. The number of phenolic OH excluding ortho intramolecular Hbond substituents is 1. The van der Waals surface area contributed by atoms with Crippen LogP contribution in [0.1, 0.15) is 47.2 Å². The maximum Gasteiger partial charge on any atom is 0.339 e. The van der Waals surface area contributed by atoms with Gasteiger partial charge in [-0.3, -0.25) is 19.2 Å². The highest BCUT2D eigenvalue weighted by Crippen LogP contribution is 2.64. The summed E-state index contributed by atoms with van der Waals surface area (Å²) in [4.78, 5) is 70.5. The fourth-order valence-electron chi connectivity index (χ4n) is 8.44. The molecule has 3 aromatic carbocycles. The predicted octanol–water partition coefficient (Wildman–Crippen LogP) is 4.96. The van der Waals surface area contributed by atoms with E-state index in [1.54, 1.807) is 61.5 Å². The van der Waals surface area contributed by atoms with E-state index in [2.05, 4.69) is 6.58 Å². The van der Waals surface area contributed by atoms with Crippen molar-refractivity contribution < 1.29 is 39.3 Å². The molecule has 4 amide bonds. The monoisotopic (exact) mass is 632 g/mol. The SMILES string of the molecule is C=CCc1cccc([C@H]2C3=CC[C@@H]4C(=O)N(c5ccc(C(=O)O)c(O)c5)C(=O)[C@@H]4[C@@H]3C[C@H]3C(=O)N(c4ccccc4)C(=O)[C@@]23C)c1O. The molecule has 3 aromatic rings. The maximum atomic E-state index is 14.5. The number of rotatable bonds is 6. The van der Waals surface area contributed by atoms with Gasteiger partial charge in [0.25, 0.3) is 0 Å². The van der Waals surface area contributed by atoms with Gasteiger partial charge in [0.2, 0.25) is 23.6 Å². The van der Waals surface area contributed by atoms with Gasteiger partial charge in [0.1, 0.15) is 17.1 Å². The lowest BCUT2D eigenvalue weighted by molar-refractivity contribution is -0.131. The van der Waals surface area contributed by atoms with Gasteiger partial charge < -0.3 is 15.3 Å². The van der Waals surface area contributed by atoms with Gasteiger partial charge in [-0.15, -0.1) is 6.58 Å². The molecule has 0 radical (unpaired) electrons. The molecule has 1 saturated carbocycles. The number of carbonyl (C=O) groups is 5. The lowest BCUT2D eigenvalue weighted by Crippen LogP contribution is -2.49. The number of carboxylic acids is 1. The molecule has 10 heteroatoms. The Bertz CT molecular complexity index is 1930. The highest BCUT2D eigenvalue weighted by Gasteiger charge is 2.68. The number of aromatic hydroxyl groups is 2. The minimum atomic E-state index is -1.35. The first kappa shape index (κ1) is 30.2. The number of aromatic carboxylic acids is 1. The summed E-state index contributed by atoms with van der Waals surface area (Å²) in [7, 11) is 0. The van der Waals surface area contributed by atoms with E-state index in [1.165, 1.54) is 11.0 Å². The minimum Gasteiger partial charge on any atom is -0.507 e. The molecule has 6 atom stereocenters. The van der Waals surface area contributed by atoms with Crippen LogP contribution >= 0.6 is 0 Å². The minimum absolute atomic E-state index is 0.0103. The Morgan fingerprint density at radius 3 is 2.34 bits per heavy atom. The van der Waals surface area contributed by atoms with E-state index < -0.39 is 70.4 Å². The molecule has 10 nitrogen and oxygen atoms in total. The first-order valence-electron chi connectivity index (χ1n) is 15.5. The number of benzene rings is 3. The molecule has 2 saturated heterocycles. The fraction of sp³-hybridized carbons (Fsp3) is 0.270.